The Morgan fingerprint density at radius 2 is 1.04 bits per heavy atom. The zero-order valence-electron chi connectivity index (χ0n) is 39.4. The number of nitrogens with zero attached hydrogens (tertiary/aromatic N) is 2. The lowest BCUT2D eigenvalue weighted by Gasteiger charge is -2.37. The highest BCUT2D eigenvalue weighted by atomic mass is 15.2. The molecule has 1 aliphatic carbocycles. The Hall–Kier alpha value is -8.40. The molecule has 12 aromatic rings. The molecule has 2 nitrogen and oxygen atoms in total. The Balaban J connectivity index is 1.12. The Bertz CT molecular complexity index is 3970. The van der Waals surface area contributed by atoms with Crippen LogP contribution in [-0.4, -0.2) is 13.3 Å². The second-order valence-electron chi connectivity index (χ2n) is 19.9. The minimum atomic E-state index is -0.232. The Kier molecular flexibility index (Phi) is 9.20. The summed E-state index contributed by atoms with van der Waals surface area (Å²) in [5.41, 5.74) is 18.7. The van der Waals surface area contributed by atoms with E-state index in [1.165, 1.54) is 121 Å². The van der Waals surface area contributed by atoms with Gasteiger partial charge in [-0.1, -0.05) is 207 Å². The van der Waals surface area contributed by atoms with Gasteiger partial charge in [0.05, 0.1) is 11.4 Å². The lowest BCUT2D eigenvalue weighted by atomic mass is 9.36. The van der Waals surface area contributed by atoms with Gasteiger partial charge in [0.25, 0.3) is 0 Å². The number of anilines is 5. The van der Waals surface area contributed by atoms with Gasteiger partial charge < -0.3 is 9.80 Å². The van der Waals surface area contributed by atoms with Crippen LogP contribution in [-0.2, 0) is 5.41 Å². The molecule has 1 aliphatic heterocycles. The van der Waals surface area contributed by atoms with Crippen LogP contribution in [0.4, 0.5) is 28.4 Å². The quantitative estimate of drug-likeness (QED) is 0.0894. The standard InChI is InChI=1S/C67H49BN2/c1-67(2)58-32-13-12-27-51(58)56-42-57(54-30-17-33-61-66(54)68(48-23-8-4-9-24-48)40-41-69(61)49-25-10-5-11-26-49)62(43-59(56)67)70(50-37-34-45(35-38-50)44-18-6-3-7-19-44)60-39-36-47-22-15-29-53-52-28-14-20-46-21-16-31-55(63(46)52)65(60)64(47)53/h3-39,42-43H,40-41H2,1-2H3. The third kappa shape index (κ3) is 6.14. The van der Waals surface area contributed by atoms with Gasteiger partial charge >= 0.3 is 0 Å². The first kappa shape index (κ1) is 40.7. The van der Waals surface area contributed by atoms with Crippen LogP contribution in [0.5, 0.6) is 0 Å². The first-order valence-corrected chi connectivity index (χ1v) is 24.8. The molecule has 0 radical (unpaired) electrons. The van der Waals surface area contributed by atoms with Crippen molar-refractivity contribution in [2.75, 3.05) is 16.3 Å². The predicted molar refractivity (Wildman–Crippen MR) is 300 cm³/mol. The molecule has 70 heavy (non-hydrogen) atoms. The summed E-state index contributed by atoms with van der Waals surface area (Å²) in [6.07, 6.45) is 0.991. The van der Waals surface area contributed by atoms with Crippen LogP contribution in [0.3, 0.4) is 0 Å². The highest BCUT2D eigenvalue weighted by molar-refractivity contribution is 6.87. The molecule has 0 unspecified atom stereocenters. The minimum Gasteiger partial charge on any atom is -0.343 e. The van der Waals surface area contributed by atoms with E-state index in [0.29, 0.717) is 0 Å². The van der Waals surface area contributed by atoms with Crippen molar-refractivity contribution in [3.8, 4) is 33.4 Å². The summed E-state index contributed by atoms with van der Waals surface area (Å²) < 4.78 is 0. The summed E-state index contributed by atoms with van der Waals surface area (Å²) in [7, 11) is 0. The summed E-state index contributed by atoms with van der Waals surface area (Å²) in [5.74, 6) is 0. The maximum absolute atomic E-state index is 2.62. The number of para-hydroxylation sites is 1. The smallest absolute Gasteiger partial charge is 0.214 e. The van der Waals surface area contributed by atoms with Gasteiger partial charge in [-0.25, -0.2) is 0 Å². The fourth-order valence-corrected chi connectivity index (χ4v) is 12.6. The van der Waals surface area contributed by atoms with E-state index in [1.54, 1.807) is 0 Å². The normalized spacial score (nSPS) is 13.8. The van der Waals surface area contributed by atoms with Crippen molar-refractivity contribution in [2.24, 2.45) is 0 Å². The van der Waals surface area contributed by atoms with Crippen molar-refractivity contribution in [3.63, 3.8) is 0 Å². The summed E-state index contributed by atoms with van der Waals surface area (Å²) in [4.78, 5) is 5.17. The highest BCUT2D eigenvalue weighted by Crippen LogP contribution is 2.55. The highest BCUT2D eigenvalue weighted by Gasteiger charge is 2.39. The van der Waals surface area contributed by atoms with Crippen molar-refractivity contribution in [3.05, 3.63) is 248 Å². The molecule has 14 rings (SSSR count). The summed E-state index contributed by atoms with van der Waals surface area (Å²) in [6, 6.07) is 88.9. The third-order valence-electron chi connectivity index (χ3n) is 15.8. The molecule has 0 saturated heterocycles. The Morgan fingerprint density at radius 3 is 1.80 bits per heavy atom. The van der Waals surface area contributed by atoms with E-state index in [9.17, 15) is 0 Å². The minimum absolute atomic E-state index is 0.189. The average Bonchev–Trinajstić information content (AvgIpc) is 3.65. The molecule has 0 N–H and O–H groups in total. The van der Waals surface area contributed by atoms with Crippen LogP contribution >= 0.6 is 0 Å². The number of benzene rings is 12. The number of hydrogen-bond acceptors (Lipinski definition) is 2. The maximum Gasteiger partial charge on any atom is 0.214 e. The van der Waals surface area contributed by atoms with E-state index < -0.39 is 0 Å². The zero-order valence-corrected chi connectivity index (χ0v) is 39.4. The second kappa shape index (κ2) is 15.8. The largest absolute Gasteiger partial charge is 0.343 e. The van der Waals surface area contributed by atoms with Gasteiger partial charge in [-0.15, -0.1) is 0 Å². The molecule has 12 aromatic carbocycles. The fourth-order valence-electron chi connectivity index (χ4n) is 12.6. The zero-order chi connectivity index (χ0) is 46.5. The second-order valence-corrected chi connectivity index (χ2v) is 19.9. The van der Waals surface area contributed by atoms with Crippen LogP contribution in [0.25, 0.3) is 76.5 Å². The molecule has 2 aliphatic rings. The van der Waals surface area contributed by atoms with Gasteiger partial charge in [0.1, 0.15) is 0 Å². The molecule has 0 amide bonds. The number of rotatable bonds is 7. The van der Waals surface area contributed by atoms with Gasteiger partial charge in [-0.2, -0.15) is 0 Å². The molecule has 0 bridgehead atoms. The van der Waals surface area contributed by atoms with Crippen LogP contribution in [0.1, 0.15) is 25.0 Å². The van der Waals surface area contributed by atoms with E-state index in [-0.39, 0.29) is 12.1 Å². The van der Waals surface area contributed by atoms with Gasteiger partial charge in [-0.3, -0.25) is 0 Å². The summed E-state index contributed by atoms with van der Waals surface area (Å²) >= 11 is 0. The van der Waals surface area contributed by atoms with Gasteiger partial charge in [-0.05, 0) is 137 Å². The van der Waals surface area contributed by atoms with Crippen LogP contribution in [0.2, 0.25) is 6.32 Å². The first-order valence-electron chi connectivity index (χ1n) is 24.8. The van der Waals surface area contributed by atoms with Crippen molar-refractivity contribution >= 4 is 89.2 Å². The molecule has 3 heteroatoms. The van der Waals surface area contributed by atoms with Crippen LogP contribution < -0.4 is 20.7 Å². The molecule has 0 atom stereocenters. The monoisotopic (exact) mass is 892 g/mol. The van der Waals surface area contributed by atoms with Crippen LogP contribution in [0, 0.1) is 0 Å². The van der Waals surface area contributed by atoms with Gasteiger partial charge in [0.2, 0.25) is 6.71 Å². The molecule has 0 fully saturated rings. The average molecular weight is 893 g/mol. The molecule has 1 heterocycles. The molecular weight excluding hydrogens is 844 g/mol. The van der Waals surface area contributed by atoms with Crippen molar-refractivity contribution in [1.29, 1.82) is 0 Å². The fraction of sp³-hybridized carbons (Fsp3) is 0.0746. The van der Waals surface area contributed by atoms with E-state index in [4.69, 9.17) is 0 Å². The lowest BCUT2D eigenvalue weighted by molar-refractivity contribution is 0.660. The van der Waals surface area contributed by atoms with E-state index >= 15 is 0 Å². The van der Waals surface area contributed by atoms with E-state index in [1.807, 2.05) is 0 Å². The lowest BCUT2D eigenvalue weighted by Crippen LogP contribution is -2.51. The van der Waals surface area contributed by atoms with Crippen LogP contribution in [0.15, 0.2) is 237 Å². The Morgan fingerprint density at radius 1 is 0.429 bits per heavy atom. The topological polar surface area (TPSA) is 6.48 Å². The Labute approximate surface area is 410 Å². The third-order valence-corrected chi connectivity index (χ3v) is 15.8. The molecule has 0 spiro atoms. The SMILES string of the molecule is CC1(C)c2ccccc2-c2cc(-c3cccc4c3B(c3ccccc3)CCN4c3ccccc3)c(N(c3ccc(-c4ccccc4)cc3)c3ccc4cccc5c6cccc7cccc(c3c45)c76)cc21. The van der Waals surface area contributed by atoms with E-state index in [0.717, 1.165) is 18.6 Å². The summed E-state index contributed by atoms with van der Waals surface area (Å²) in [5, 5.41) is 10.2. The first-order chi connectivity index (χ1) is 34.5. The van der Waals surface area contributed by atoms with Gasteiger partial charge in [0.15, 0.2) is 0 Å². The van der Waals surface area contributed by atoms with Crippen molar-refractivity contribution in [2.45, 2.75) is 25.6 Å². The predicted octanol–water partition coefficient (Wildman–Crippen LogP) is 16.6. The summed E-state index contributed by atoms with van der Waals surface area (Å²) in [6.45, 7) is 5.94. The van der Waals surface area contributed by atoms with Gasteiger partial charge in [0, 0.05) is 40.0 Å². The van der Waals surface area contributed by atoms with Crippen molar-refractivity contribution < 1.29 is 0 Å². The molecule has 0 saturated carbocycles. The number of fused-ring (bicyclic) bond motifs is 6. The van der Waals surface area contributed by atoms with Crippen molar-refractivity contribution in [1.82, 2.24) is 0 Å². The molecule has 0 aromatic heterocycles. The molecule has 330 valence electrons. The maximum atomic E-state index is 2.62. The molecular formula is C67H49BN2. The van der Waals surface area contributed by atoms with E-state index in [2.05, 4.69) is 260 Å². The number of hydrogen-bond donors (Lipinski definition) is 0.